The van der Waals surface area contributed by atoms with Gasteiger partial charge in [-0.25, -0.2) is 8.78 Å². The van der Waals surface area contributed by atoms with Crippen LogP contribution in [0.25, 0.3) is 11.1 Å². The molecule has 7 heteroatoms. The van der Waals surface area contributed by atoms with Crippen LogP contribution >= 0.6 is 0 Å². The highest BCUT2D eigenvalue weighted by Crippen LogP contribution is 2.31. The maximum Gasteiger partial charge on any atom is 0.257 e. The van der Waals surface area contributed by atoms with Crippen LogP contribution in [0.5, 0.6) is 5.75 Å². The SMILES string of the molecule is COc1ccc(-c2c(NC(=O)c3cc(F)cc(F)c3)n[nH]c2C)cc1. The lowest BCUT2D eigenvalue weighted by Crippen LogP contribution is -2.13. The van der Waals surface area contributed by atoms with Crippen molar-refractivity contribution in [2.45, 2.75) is 6.92 Å². The summed E-state index contributed by atoms with van der Waals surface area (Å²) in [5.74, 6) is -1.32. The minimum absolute atomic E-state index is 0.126. The number of aromatic amines is 1. The molecule has 25 heavy (non-hydrogen) atoms. The number of amides is 1. The van der Waals surface area contributed by atoms with E-state index in [1.165, 1.54) is 0 Å². The van der Waals surface area contributed by atoms with E-state index in [0.29, 0.717) is 17.4 Å². The van der Waals surface area contributed by atoms with Crippen LogP contribution in [0.2, 0.25) is 0 Å². The number of methoxy groups -OCH3 is 1. The molecule has 0 bridgehead atoms. The number of nitrogens with zero attached hydrogens (tertiary/aromatic N) is 1. The highest BCUT2D eigenvalue weighted by atomic mass is 19.1. The lowest BCUT2D eigenvalue weighted by atomic mass is 10.1. The molecule has 2 aromatic carbocycles. The molecular weight excluding hydrogens is 328 g/mol. The van der Waals surface area contributed by atoms with Gasteiger partial charge in [-0.1, -0.05) is 12.1 Å². The van der Waals surface area contributed by atoms with Crippen LogP contribution < -0.4 is 10.1 Å². The van der Waals surface area contributed by atoms with E-state index in [4.69, 9.17) is 4.74 Å². The number of carbonyl (C=O) groups excluding carboxylic acids is 1. The number of anilines is 1. The van der Waals surface area contributed by atoms with Crippen molar-refractivity contribution >= 4 is 11.7 Å². The van der Waals surface area contributed by atoms with E-state index >= 15 is 0 Å². The van der Waals surface area contributed by atoms with Gasteiger partial charge in [0.15, 0.2) is 5.82 Å². The lowest BCUT2D eigenvalue weighted by molar-refractivity contribution is 0.102. The van der Waals surface area contributed by atoms with Crippen molar-refractivity contribution in [3.63, 3.8) is 0 Å². The highest BCUT2D eigenvalue weighted by molar-refractivity contribution is 6.05. The number of aryl methyl sites for hydroxylation is 1. The molecule has 0 unspecified atom stereocenters. The molecular formula is C18H15F2N3O2. The Hall–Kier alpha value is -3.22. The Labute approximate surface area is 142 Å². The molecule has 0 atom stereocenters. The standard InChI is InChI=1S/C18H15F2N3O2/c1-10-16(11-3-5-15(25-2)6-4-11)17(23-22-10)21-18(24)12-7-13(19)9-14(20)8-12/h3-9H,1-2H3,(H2,21,22,23,24). The Kier molecular flexibility index (Phi) is 4.47. The monoisotopic (exact) mass is 343 g/mol. The fraction of sp³-hybridized carbons (Fsp3) is 0.111. The van der Waals surface area contributed by atoms with Gasteiger partial charge in [-0.15, -0.1) is 0 Å². The number of rotatable bonds is 4. The summed E-state index contributed by atoms with van der Waals surface area (Å²) in [5.41, 5.74) is 2.12. The number of aromatic nitrogens is 2. The molecule has 3 aromatic rings. The number of ether oxygens (including phenoxy) is 1. The molecule has 2 N–H and O–H groups in total. The van der Waals surface area contributed by atoms with Gasteiger partial charge in [0.25, 0.3) is 5.91 Å². The number of carbonyl (C=O) groups is 1. The molecule has 0 spiro atoms. The Morgan fingerprint density at radius 3 is 2.36 bits per heavy atom. The molecule has 5 nitrogen and oxygen atoms in total. The van der Waals surface area contributed by atoms with Gasteiger partial charge in [-0.2, -0.15) is 5.10 Å². The van der Waals surface area contributed by atoms with Gasteiger partial charge >= 0.3 is 0 Å². The minimum Gasteiger partial charge on any atom is -0.497 e. The van der Waals surface area contributed by atoms with E-state index in [1.54, 1.807) is 19.2 Å². The van der Waals surface area contributed by atoms with Crippen molar-refractivity contribution in [2.24, 2.45) is 0 Å². The number of halogens is 2. The number of nitrogens with one attached hydrogen (secondary N) is 2. The Bertz CT molecular complexity index is 900. The zero-order valence-corrected chi connectivity index (χ0v) is 13.6. The van der Waals surface area contributed by atoms with E-state index in [0.717, 1.165) is 23.4 Å². The third-order valence-corrected chi connectivity index (χ3v) is 3.68. The first kappa shape index (κ1) is 16.6. The molecule has 0 fully saturated rings. The van der Waals surface area contributed by atoms with E-state index in [-0.39, 0.29) is 11.4 Å². The van der Waals surface area contributed by atoms with Gasteiger partial charge in [-0.3, -0.25) is 9.89 Å². The zero-order chi connectivity index (χ0) is 18.0. The van der Waals surface area contributed by atoms with Crippen molar-refractivity contribution in [3.8, 4) is 16.9 Å². The van der Waals surface area contributed by atoms with Crippen molar-refractivity contribution < 1.29 is 18.3 Å². The second-order valence-electron chi connectivity index (χ2n) is 5.41. The van der Waals surface area contributed by atoms with Crippen LogP contribution in [0.3, 0.4) is 0 Å². The Morgan fingerprint density at radius 1 is 1.12 bits per heavy atom. The molecule has 0 radical (unpaired) electrons. The summed E-state index contributed by atoms with van der Waals surface area (Å²) in [7, 11) is 1.57. The molecule has 1 amide bonds. The van der Waals surface area contributed by atoms with Crippen LogP contribution in [0.4, 0.5) is 14.6 Å². The Balaban J connectivity index is 1.92. The predicted octanol–water partition coefficient (Wildman–Crippen LogP) is 3.92. The average Bonchev–Trinajstić information content (AvgIpc) is 2.94. The lowest BCUT2D eigenvalue weighted by Gasteiger charge is -2.08. The summed E-state index contributed by atoms with van der Waals surface area (Å²) < 4.78 is 31.7. The molecule has 0 aliphatic carbocycles. The van der Waals surface area contributed by atoms with Crippen LogP contribution in [-0.4, -0.2) is 23.2 Å². The van der Waals surface area contributed by atoms with Crippen molar-refractivity contribution in [1.29, 1.82) is 0 Å². The topological polar surface area (TPSA) is 67.0 Å². The molecule has 128 valence electrons. The fourth-order valence-electron chi connectivity index (χ4n) is 2.50. The van der Waals surface area contributed by atoms with E-state index in [1.807, 2.05) is 19.1 Å². The first-order chi connectivity index (χ1) is 12.0. The largest absolute Gasteiger partial charge is 0.497 e. The van der Waals surface area contributed by atoms with Crippen LogP contribution in [0, 0.1) is 18.6 Å². The van der Waals surface area contributed by atoms with E-state index in [9.17, 15) is 13.6 Å². The smallest absolute Gasteiger partial charge is 0.257 e. The van der Waals surface area contributed by atoms with Gasteiger partial charge in [0.2, 0.25) is 0 Å². The number of benzene rings is 2. The third-order valence-electron chi connectivity index (χ3n) is 3.68. The quantitative estimate of drug-likeness (QED) is 0.754. The van der Waals surface area contributed by atoms with E-state index < -0.39 is 17.5 Å². The molecule has 0 aliphatic rings. The summed E-state index contributed by atoms with van der Waals surface area (Å²) in [6.07, 6.45) is 0. The minimum atomic E-state index is -0.821. The molecule has 0 saturated carbocycles. The maximum absolute atomic E-state index is 13.3. The molecule has 1 heterocycles. The first-order valence-electron chi connectivity index (χ1n) is 7.45. The normalized spacial score (nSPS) is 10.6. The third kappa shape index (κ3) is 3.50. The van der Waals surface area contributed by atoms with Crippen LogP contribution in [-0.2, 0) is 0 Å². The number of H-pyrrole nitrogens is 1. The molecule has 0 aliphatic heterocycles. The summed E-state index contributed by atoms with van der Waals surface area (Å²) in [6, 6.07) is 9.86. The second-order valence-corrected chi connectivity index (χ2v) is 5.41. The summed E-state index contributed by atoms with van der Waals surface area (Å²) in [6.45, 7) is 1.81. The van der Waals surface area contributed by atoms with Gasteiger partial charge < -0.3 is 10.1 Å². The highest BCUT2D eigenvalue weighted by Gasteiger charge is 2.17. The summed E-state index contributed by atoms with van der Waals surface area (Å²) in [5, 5.41) is 9.45. The summed E-state index contributed by atoms with van der Waals surface area (Å²) in [4.78, 5) is 12.3. The van der Waals surface area contributed by atoms with Crippen molar-refractivity contribution in [3.05, 3.63) is 65.4 Å². The van der Waals surface area contributed by atoms with Gasteiger partial charge in [-0.05, 0) is 36.8 Å². The first-order valence-corrected chi connectivity index (χ1v) is 7.45. The summed E-state index contributed by atoms with van der Waals surface area (Å²) >= 11 is 0. The van der Waals surface area contributed by atoms with E-state index in [2.05, 4.69) is 15.5 Å². The molecule has 1 aromatic heterocycles. The zero-order valence-electron chi connectivity index (χ0n) is 13.6. The Morgan fingerprint density at radius 2 is 1.76 bits per heavy atom. The maximum atomic E-state index is 13.3. The van der Waals surface area contributed by atoms with Gasteiger partial charge in [0.1, 0.15) is 17.4 Å². The van der Waals surface area contributed by atoms with Crippen molar-refractivity contribution in [1.82, 2.24) is 10.2 Å². The number of hydrogen-bond donors (Lipinski definition) is 2. The predicted molar refractivity (Wildman–Crippen MR) is 89.6 cm³/mol. The molecule has 3 rings (SSSR count). The number of hydrogen-bond acceptors (Lipinski definition) is 3. The average molecular weight is 343 g/mol. The van der Waals surface area contributed by atoms with Crippen molar-refractivity contribution in [2.75, 3.05) is 12.4 Å². The van der Waals surface area contributed by atoms with Crippen LogP contribution in [0.1, 0.15) is 16.1 Å². The second kappa shape index (κ2) is 6.72. The molecule has 0 saturated heterocycles. The van der Waals surface area contributed by atoms with Crippen LogP contribution in [0.15, 0.2) is 42.5 Å². The van der Waals surface area contributed by atoms with Gasteiger partial charge in [0, 0.05) is 22.9 Å². The fourth-order valence-corrected chi connectivity index (χ4v) is 2.50. The van der Waals surface area contributed by atoms with Gasteiger partial charge in [0.05, 0.1) is 7.11 Å².